The first-order chi connectivity index (χ1) is 6.00. The summed E-state index contributed by atoms with van der Waals surface area (Å²) in [6.45, 7) is 3.87. The van der Waals surface area contributed by atoms with E-state index in [1.54, 1.807) is 0 Å². The lowest BCUT2D eigenvalue weighted by Crippen LogP contribution is -2.15. The number of carboxylic acid groups (broad SMARTS) is 1. The van der Waals surface area contributed by atoms with Gasteiger partial charge in [-0.25, -0.2) is 4.99 Å². The van der Waals surface area contributed by atoms with E-state index in [0.717, 1.165) is 5.04 Å². The van der Waals surface area contributed by atoms with Crippen molar-refractivity contribution in [3.63, 3.8) is 0 Å². The fraction of sp³-hybridized carbons (Fsp3) is 0.625. The smallest absolute Gasteiger partial charge is 0.305 e. The number of carboxylic acids is 1. The Hall–Kier alpha value is -0.840. The molecule has 72 valence electrons. The van der Waals surface area contributed by atoms with Crippen LogP contribution in [0.4, 0.5) is 0 Å². The number of thioether (sulfide) groups is 1. The van der Waals surface area contributed by atoms with Crippen LogP contribution in [0.25, 0.3) is 0 Å². The van der Waals surface area contributed by atoms with Gasteiger partial charge in [0.25, 0.3) is 5.91 Å². The number of amides is 1. The summed E-state index contributed by atoms with van der Waals surface area (Å²) in [7, 11) is 0. The van der Waals surface area contributed by atoms with Crippen LogP contribution in [0.15, 0.2) is 4.99 Å². The van der Waals surface area contributed by atoms with Gasteiger partial charge in [0.05, 0.1) is 11.5 Å². The molecule has 0 radical (unpaired) electrons. The number of carbonyl (C=O) groups excluding carboxylic acids is 1. The standard InChI is InChI=1S/C8H11NO3S/c1-4(2)8-9-7(12)5(13-8)3-6(10)11/h4-5H,3H2,1-2H3,(H,10,11). The Morgan fingerprint density at radius 3 is 2.69 bits per heavy atom. The maximum absolute atomic E-state index is 11.2. The van der Waals surface area contributed by atoms with Crippen LogP contribution in [0.5, 0.6) is 0 Å². The third-order valence-electron chi connectivity index (χ3n) is 1.61. The van der Waals surface area contributed by atoms with E-state index in [-0.39, 0.29) is 18.2 Å². The molecule has 0 aliphatic carbocycles. The van der Waals surface area contributed by atoms with Crippen molar-refractivity contribution >= 4 is 28.7 Å². The number of rotatable bonds is 3. The van der Waals surface area contributed by atoms with Crippen LogP contribution in [0.2, 0.25) is 0 Å². The quantitative estimate of drug-likeness (QED) is 0.744. The van der Waals surface area contributed by atoms with Gasteiger partial charge in [-0.15, -0.1) is 0 Å². The molecule has 5 heteroatoms. The normalized spacial score (nSPS) is 22.2. The fourth-order valence-electron chi connectivity index (χ4n) is 0.956. The summed E-state index contributed by atoms with van der Waals surface area (Å²) < 4.78 is 0. The van der Waals surface area contributed by atoms with Gasteiger partial charge in [-0.05, 0) is 0 Å². The van der Waals surface area contributed by atoms with Gasteiger partial charge >= 0.3 is 5.97 Å². The zero-order chi connectivity index (χ0) is 10.0. The fourth-order valence-corrected chi connectivity index (χ4v) is 2.04. The summed E-state index contributed by atoms with van der Waals surface area (Å²) in [5, 5.41) is 8.74. The van der Waals surface area contributed by atoms with Gasteiger partial charge in [-0.3, -0.25) is 9.59 Å². The molecular weight excluding hydrogens is 190 g/mol. The van der Waals surface area contributed by atoms with E-state index in [9.17, 15) is 9.59 Å². The lowest BCUT2D eigenvalue weighted by molar-refractivity contribution is -0.138. The summed E-state index contributed by atoms with van der Waals surface area (Å²) in [5.41, 5.74) is 0. The summed E-state index contributed by atoms with van der Waals surface area (Å²) in [6.07, 6.45) is -0.136. The monoisotopic (exact) mass is 201 g/mol. The molecule has 1 heterocycles. The van der Waals surface area contributed by atoms with Crippen molar-refractivity contribution in [3.05, 3.63) is 0 Å². The lowest BCUT2D eigenvalue weighted by atomic mass is 10.2. The zero-order valence-corrected chi connectivity index (χ0v) is 8.30. The van der Waals surface area contributed by atoms with Crippen molar-refractivity contribution in [2.24, 2.45) is 10.9 Å². The molecule has 0 saturated heterocycles. The zero-order valence-electron chi connectivity index (χ0n) is 7.48. The van der Waals surface area contributed by atoms with Crippen LogP contribution in [0.3, 0.4) is 0 Å². The second-order valence-electron chi connectivity index (χ2n) is 3.15. The van der Waals surface area contributed by atoms with Crippen molar-refractivity contribution in [2.75, 3.05) is 0 Å². The van der Waals surface area contributed by atoms with E-state index in [4.69, 9.17) is 5.11 Å². The predicted octanol–water partition coefficient (Wildman–Crippen LogP) is 1.16. The van der Waals surface area contributed by atoms with Gasteiger partial charge in [0, 0.05) is 5.92 Å². The molecule has 0 aromatic rings. The number of hydrogen-bond acceptors (Lipinski definition) is 3. The Balaban J connectivity index is 2.59. The molecule has 0 aromatic carbocycles. The van der Waals surface area contributed by atoms with Gasteiger partial charge in [0.1, 0.15) is 5.25 Å². The van der Waals surface area contributed by atoms with Gasteiger partial charge in [0.15, 0.2) is 0 Å². The predicted molar refractivity (Wildman–Crippen MR) is 50.9 cm³/mol. The van der Waals surface area contributed by atoms with Gasteiger partial charge < -0.3 is 5.11 Å². The molecule has 1 atom stereocenters. The van der Waals surface area contributed by atoms with E-state index in [0.29, 0.717) is 0 Å². The van der Waals surface area contributed by atoms with E-state index >= 15 is 0 Å². The molecule has 1 amide bonds. The Kier molecular flexibility index (Phi) is 3.08. The van der Waals surface area contributed by atoms with E-state index in [1.165, 1.54) is 11.8 Å². The minimum absolute atomic E-state index is 0.136. The van der Waals surface area contributed by atoms with E-state index in [1.807, 2.05) is 13.8 Å². The Bertz CT molecular complexity index is 273. The third-order valence-corrected chi connectivity index (χ3v) is 3.07. The average molecular weight is 201 g/mol. The number of aliphatic imine (C=N–C) groups is 1. The van der Waals surface area contributed by atoms with E-state index in [2.05, 4.69) is 4.99 Å². The maximum Gasteiger partial charge on any atom is 0.305 e. The number of hydrogen-bond donors (Lipinski definition) is 1. The summed E-state index contributed by atoms with van der Waals surface area (Å²) >= 11 is 1.27. The topological polar surface area (TPSA) is 66.7 Å². The maximum atomic E-state index is 11.2. The Morgan fingerprint density at radius 1 is 1.69 bits per heavy atom. The van der Waals surface area contributed by atoms with Crippen molar-refractivity contribution in [3.8, 4) is 0 Å². The molecule has 13 heavy (non-hydrogen) atoms. The van der Waals surface area contributed by atoms with Crippen molar-refractivity contribution in [1.82, 2.24) is 0 Å². The molecule has 0 fully saturated rings. The molecule has 0 spiro atoms. The number of carbonyl (C=O) groups is 2. The highest BCUT2D eigenvalue weighted by Crippen LogP contribution is 2.28. The van der Waals surface area contributed by atoms with Crippen molar-refractivity contribution in [1.29, 1.82) is 0 Å². The van der Waals surface area contributed by atoms with Crippen LogP contribution in [0.1, 0.15) is 20.3 Å². The molecule has 0 bridgehead atoms. The number of nitrogens with zero attached hydrogens (tertiary/aromatic N) is 1. The summed E-state index contributed by atoms with van der Waals surface area (Å²) in [5.74, 6) is -1.06. The molecule has 1 aliphatic heterocycles. The summed E-state index contributed by atoms with van der Waals surface area (Å²) in [6, 6.07) is 0. The van der Waals surface area contributed by atoms with Crippen molar-refractivity contribution in [2.45, 2.75) is 25.5 Å². The molecule has 1 unspecified atom stereocenters. The highest BCUT2D eigenvalue weighted by Gasteiger charge is 2.31. The first-order valence-electron chi connectivity index (χ1n) is 4.01. The molecule has 0 saturated carbocycles. The molecular formula is C8H11NO3S. The largest absolute Gasteiger partial charge is 0.481 e. The molecule has 1 rings (SSSR count). The van der Waals surface area contributed by atoms with Crippen LogP contribution < -0.4 is 0 Å². The molecule has 4 nitrogen and oxygen atoms in total. The highest BCUT2D eigenvalue weighted by atomic mass is 32.2. The first kappa shape index (κ1) is 10.2. The second-order valence-corrected chi connectivity index (χ2v) is 4.37. The van der Waals surface area contributed by atoms with Crippen LogP contribution >= 0.6 is 11.8 Å². The minimum atomic E-state index is -0.953. The minimum Gasteiger partial charge on any atom is -0.481 e. The average Bonchev–Trinajstić information content (AvgIpc) is 2.31. The van der Waals surface area contributed by atoms with Crippen LogP contribution in [0, 0.1) is 5.92 Å². The molecule has 0 aromatic heterocycles. The van der Waals surface area contributed by atoms with Crippen LogP contribution in [-0.4, -0.2) is 27.3 Å². The third kappa shape index (κ3) is 2.55. The highest BCUT2D eigenvalue weighted by molar-refractivity contribution is 8.15. The SMILES string of the molecule is CC(C)C1=NC(=O)C(CC(=O)O)S1. The lowest BCUT2D eigenvalue weighted by Gasteiger charge is -2.04. The van der Waals surface area contributed by atoms with Gasteiger partial charge in [-0.2, -0.15) is 0 Å². The summed E-state index contributed by atoms with van der Waals surface area (Å²) in [4.78, 5) is 25.3. The molecule has 1 N–H and O–H groups in total. The van der Waals surface area contributed by atoms with E-state index < -0.39 is 11.2 Å². The Morgan fingerprint density at radius 2 is 2.31 bits per heavy atom. The number of aliphatic carboxylic acids is 1. The Labute approximate surface area is 80.4 Å². The first-order valence-corrected chi connectivity index (χ1v) is 4.89. The second kappa shape index (κ2) is 3.91. The van der Waals surface area contributed by atoms with Gasteiger partial charge in [-0.1, -0.05) is 25.6 Å². The van der Waals surface area contributed by atoms with Crippen LogP contribution in [-0.2, 0) is 9.59 Å². The van der Waals surface area contributed by atoms with Crippen molar-refractivity contribution < 1.29 is 14.7 Å². The molecule has 1 aliphatic rings. The van der Waals surface area contributed by atoms with Gasteiger partial charge in [0.2, 0.25) is 0 Å².